The van der Waals surface area contributed by atoms with E-state index in [0.29, 0.717) is 5.76 Å². The van der Waals surface area contributed by atoms with Crippen LogP contribution in [0.5, 0.6) is 0 Å². The molecule has 5 nitrogen and oxygen atoms in total. The molecule has 0 bridgehead atoms. The second-order valence-electron chi connectivity index (χ2n) is 4.72. The lowest BCUT2D eigenvalue weighted by Gasteiger charge is -2.21. The molecule has 1 N–H and O–H groups in total. The molecule has 2 aromatic rings. The Labute approximate surface area is 131 Å². The van der Waals surface area contributed by atoms with Gasteiger partial charge in [-0.3, -0.25) is 0 Å². The molecule has 1 aromatic carbocycles. The third-order valence-electron chi connectivity index (χ3n) is 3.16. The zero-order chi connectivity index (χ0) is 15.0. The third-order valence-corrected chi connectivity index (χ3v) is 4.72. The quantitative estimate of drug-likeness (QED) is 0.904. The highest BCUT2D eigenvalue weighted by Gasteiger charge is 2.34. The van der Waals surface area contributed by atoms with Crippen LogP contribution in [-0.4, -0.2) is 19.1 Å². The summed E-state index contributed by atoms with van der Waals surface area (Å²) in [6, 6.07) is 10.6. The van der Waals surface area contributed by atoms with Crippen LogP contribution < -0.4 is 5.43 Å². The molecule has 2 heterocycles. The predicted octanol–water partition coefficient (Wildman–Crippen LogP) is 2.90. The van der Waals surface area contributed by atoms with Gasteiger partial charge in [0.1, 0.15) is 11.8 Å². The predicted molar refractivity (Wildman–Crippen MR) is 83.4 cm³/mol. The summed E-state index contributed by atoms with van der Waals surface area (Å²) in [7, 11) is -3.43. The fourth-order valence-electron chi connectivity index (χ4n) is 2.19. The Bertz CT molecular complexity index is 767. The Balaban J connectivity index is 2.00. The van der Waals surface area contributed by atoms with Gasteiger partial charge in [-0.25, -0.2) is 8.42 Å². The van der Waals surface area contributed by atoms with Gasteiger partial charge in [0.25, 0.3) is 0 Å². The van der Waals surface area contributed by atoms with E-state index in [2.05, 4.69) is 21.4 Å². The number of hydrogen-bond donors (Lipinski definition) is 1. The van der Waals surface area contributed by atoms with Crippen LogP contribution >= 0.6 is 15.9 Å². The maximum atomic E-state index is 12.0. The van der Waals surface area contributed by atoms with Gasteiger partial charge in [0.05, 0.1) is 18.2 Å². The molecule has 1 aromatic heterocycles. The lowest BCUT2D eigenvalue weighted by molar-refractivity contribution is 0.312. The average Bonchev–Trinajstić information content (AvgIpc) is 3.07. The molecule has 0 spiro atoms. The Morgan fingerprint density at radius 3 is 2.52 bits per heavy atom. The van der Waals surface area contributed by atoms with Crippen molar-refractivity contribution in [3.63, 3.8) is 0 Å². The maximum Gasteiger partial charge on any atom is 0.228 e. The normalized spacial score (nSPS) is 19.3. The van der Waals surface area contributed by atoms with Crippen molar-refractivity contribution in [3.8, 4) is 0 Å². The fraction of sp³-hybridized carbons (Fsp3) is 0.143. The standard InChI is InChI=1S/C14H13BrN2O3S/c1-21(18,19)17-13(14-3-2-8-20-14)9-12(16-17)10-4-6-11(15)7-5-10/h2-9,13,16H,1H3/t13-/m1/s1. The van der Waals surface area contributed by atoms with Gasteiger partial charge in [0.2, 0.25) is 10.0 Å². The molecule has 0 saturated carbocycles. The van der Waals surface area contributed by atoms with Gasteiger partial charge in [0.15, 0.2) is 0 Å². The molecule has 1 aliphatic rings. The summed E-state index contributed by atoms with van der Waals surface area (Å²) in [4.78, 5) is 0. The van der Waals surface area contributed by atoms with Crippen molar-refractivity contribution >= 4 is 31.7 Å². The molecule has 110 valence electrons. The number of nitrogens with one attached hydrogen (secondary N) is 1. The average molecular weight is 369 g/mol. The van der Waals surface area contributed by atoms with Gasteiger partial charge < -0.3 is 9.84 Å². The summed E-state index contributed by atoms with van der Waals surface area (Å²) in [6.07, 6.45) is 4.53. The summed E-state index contributed by atoms with van der Waals surface area (Å²) in [5, 5.41) is 0. The molecular weight excluding hydrogens is 356 g/mol. The minimum Gasteiger partial charge on any atom is -0.467 e. The minimum absolute atomic E-state index is 0.492. The highest BCUT2D eigenvalue weighted by atomic mass is 79.9. The van der Waals surface area contributed by atoms with E-state index in [9.17, 15) is 8.42 Å². The number of hydrazine groups is 1. The topological polar surface area (TPSA) is 62.6 Å². The molecule has 1 aliphatic heterocycles. The van der Waals surface area contributed by atoms with Crippen molar-refractivity contribution in [2.45, 2.75) is 6.04 Å². The van der Waals surface area contributed by atoms with Crippen molar-refractivity contribution in [2.24, 2.45) is 0 Å². The number of benzene rings is 1. The first-order valence-corrected chi connectivity index (χ1v) is 8.86. The Morgan fingerprint density at radius 2 is 1.95 bits per heavy atom. The second-order valence-corrected chi connectivity index (χ2v) is 7.49. The van der Waals surface area contributed by atoms with E-state index in [1.54, 1.807) is 12.1 Å². The number of rotatable bonds is 3. The Hall–Kier alpha value is -1.57. The van der Waals surface area contributed by atoms with E-state index in [-0.39, 0.29) is 0 Å². The van der Waals surface area contributed by atoms with Gasteiger partial charge in [-0.05, 0) is 35.9 Å². The van der Waals surface area contributed by atoms with Crippen molar-refractivity contribution in [1.82, 2.24) is 9.84 Å². The monoisotopic (exact) mass is 368 g/mol. The third kappa shape index (κ3) is 2.90. The van der Waals surface area contributed by atoms with Crippen LogP contribution in [0.1, 0.15) is 17.4 Å². The molecule has 0 unspecified atom stereocenters. The highest BCUT2D eigenvalue weighted by molar-refractivity contribution is 9.10. The largest absolute Gasteiger partial charge is 0.467 e. The Kier molecular flexibility index (Phi) is 3.64. The van der Waals surface area contributed by atoms with E-state index < -0.39 is 16.1 Å². The number of halogens is 1. The number of nitrogens with zero attached hydrogens (tertiary/aromatic N) is 1. The van der Waals surface area contributed by atoms with Crippen molar-refractivity contribution in [3.05, 3.63) is 64.5 Å². The summed E-state index contributed by atoms with van der Waals surface area (Å²) in [5.74, 6) is 0.569. The first kappa shape index (κ1) is 14.4. The van der Waals surface area contributed by atoms with Crippen LogP contribution in [0.2, 0.25) is 0 Å². The molecule has 0 amide bonds. The first-order valence-electron chi connectivity index (χ1n) is 6.22. The van der Waals surface area contributed by atoms with Crippen molar-refractivity contribution < 1.29 is 12.8 Å². The van der Waals surface area contributed by atoms with E-state index in [1.807, 2.05) is 30.3 Å². The summed E-state index contributed by atoms with van der Waals surface area (Å²) in [6.45, 7) is 0. The van der Waals surface area contributed by atoms with Gasteiger partial charge in [-0.2, -0.15) is 0 Å². The first-order chi connectivity index (χ1) is 9.95. The number of furan rings is 1. The fourth-order valence-corrected chi connectivity index (χ4v) is 3.29. The summed E-state index contributed by atoms with van der Waals surface area (Å²) >= 11 is 3.38. The minimum atomic E-state index is -3.43. The molecule has 0 radical (unpaired) electrons. The van der Waals surface area contributed by atoms with E-state index in [4.69, 9.17) is 4.42 Å². The SMILES string of the molecule is CS(=O)(=O)N1NC(c2ccc(Br)cc2)=C[C@@H]1c1ccco1. The van der Waals surface area contributed by atoms with Gasteiger partial charge in [-0.15, -0.1) is 4.41 Å². The number of hydrogen-bond acceptors (Lipinski definition) is 4. The lowest BCUT2D eigenvalue weighted by Crippen LogP contribution is -2.38. The zero-order valence-electron chi connectivity index (χ0n) is 11.2. The number of sulfonamides is 1. The molecule has 21 heavy (non-hydrogen) atoms. The molecule has 1 atom stereocenters. The van der Waals surface area contributed by atoms with Crippen LogP contribution in [0.3, 0.4) is 0 Å². The Morgan fingerprint density at radius 1 is 1.24 bits per heavy atom. The van der Waals surface area contributed by atoms with Gasteiger partial charge in [-0.1, -0.05) is 28.1 Å². The van der Waals surface area contributed by atoms with Gasteiger partial charge in [0, 0.05) is 4.47 Å². The molecule has 0 fully saturated rings. The van der Waals surface area contributed by atoms with Crippen molar-refractivity contribution in [2.75, 3.05) is 6.26 Å². The molecule has 0 saturated heterocycles. The summed E-state index contributed by atoms with van der Waals surface area (Å²) in [5.41, 5.74) is 4.57. The van der Waals surface area contributed by atoms with Crippen molar-refractivity contribution in [1.29, 1.82) is 0 Å². The van der Waals surface area contributed by atoms with Crippen LogP contribution in [0.25, 0.3) is 5.70 Å². The molecule has 7 heteroatoms. The summed E-state index contributed by atoms with van der Waals surface area (Å²) < 4.78 is 31.4. The van der Waals surface area contributed by atoms with Crippen LogP contribution in [-0.2, 0) is 10.0 Å². The molecule has 0 aliphatic carbocycles. The van der Waals surface area contributed by atoms with E-state index >= 15 is 0 Å². The van der Waals surface area contributed by atoms with Crippen LogP contribution in [0.15, 0.2) is 57.6 Å². The zero-order valence-corrected chi connectivity index (χ0v) is 13.6. The highest BCUT2D eigenvalue weighted by Crippen LogP contribution is 2.33. The second kappa shape index (κ2) is 5.32. The molecule has 3 rings (SSSR count). The van der Waals surface area contributed by atoms with E-state index in [0.717, 1.165) is 22.0 Å². The van der Waals surface area contributed by atoms with E-state index in [1.165, 1.54) is 10.7 Å². The van der Waals surface area contributed by atoms with Crippen LogP contribution in [0.4, 0.5) is 0 Å². The lowest BCUT2D eigenvalue weighted by atomic mass is 10.1. The smallest absolute Gasteiger partial charge is 0.228 e. The van der Waals surface area contributed by atoms with Crippen LogP contribution in [0, 0.1) is 0 Å². The maximum absolute atomic E-state index is 12.0. The van der Waals surface area contributed by atoms with Gasteiger partial charge >= 0.3 is 0 Å². The molecular formula is C14H13BrN2O3S.